The molecule has 17 heavy (non-hydrogen) atoms. The second-order valence-corrected chi connectivity index (χ2v) is 5.96. The van der Waals surface area contributed by atoms with Gasteiger partial charge in [-0.25, -0.2) is 0 Å². The molecule has 0 saturated heterocycles. The fourth-order valence-electron chi connectivity index (χ4n) is 1.70. The number of hydrogen-bond donors (Lipinski definition) is 1. The zero-order valence-corrected chi connectivity index (χ0v) is 11.6. The van der Waals surface area contributed by atoms with Crippen LogP contribution in [0.1, 0.15) is 25.6 Å². The predicted molar refractivity (Wildman–Crippen MR) is 73.4 cm³/mol. The number of rotatable bonds is 2. The zero-order valence-electron chi connectivity index (χ0n) is 9.40. The Labute approximate surface area is 113 Å². The van der Waals surface area contributed by atoms with Crippen molar-refractivity contribution < 1.29 is 4.52 Å². The van der Waals surface area contributed by atoms with Crippen LogP contribution >= 0.6 is 22.6 Å². The van der Waals surface area contributed by atoms with Crippen molar-refractivity contribution in [2.75, 3.05) is 5.73 Å². The number of anilines is 1. The van der Waals surface area contributed by atoms with E-state index in [0.717, 1.165) is 27.8 Å². The molecule has 0 spiro atoms. The van der Waals surface area contributed by atoms with Crippen LogP contribution in [-0.2, 0) is 5.41 Å². The van der Waals surface area contributed by atoms with Gasteiger partial charge in [0.1, 0.15) is 0 Å². The third-order valence-corrected chi connectivity index (χ3v) is 3.88. The molecule has 1 aliphatic carbocycles. The third-order valence-electron chi connectivity index (χ3n) is 3.21. The fraction of sp³-hybridized carbons (Fsp3) is 0.333. The summed E-state index contributed by atoms with van der Waals surface area (Å²) >= 11 is 2.24. The molecule has 1 saturated carbocycles. The molecule has 1 fully saturated rings. The Morgan fingerprint density at radius 2 is 2.18 bits per heavy atom. The van der Waals surface area contributed by atoms with E-state index in [1.165, 1.54) is 0 Å². The van der Waals surface area contributed by atoms with Gasteiger partial charge in [0.25, 0.3) is 5.89 Å². The average molecular weight is 341 g/mol. The summed E-state index contributed by atoms with van der Waals surface area (Å²) in [4.78, 5) is 4.46. The minimum absolute atomic E-state index is 0.123. The molecule has 0 radical (unpaired) electrons. The Morgan fingerprint density at radius 1 is 1.41 bits per heavy atom. The molecule has 0 amide bonds. The number of benzene rings is 1. The Kier molecular flexibility index (Phi) is 2.39. The van der Waals surface area contributed by atoms with E-state index in [4.69, 9.17) is 10.3 Å². The maximum absolute atomic E-state index is 5.92. The quantitative estimate of drug-likeness (QED) is 0.674. The van der Waals surface area contributed by atoms with Gasteiger partial charge in [0.15, 0.2) is 5.82 Å². The minimum Gasteiger partial charge on any atom is -0.398 e. The second kappa shape index (κ2) is 3.69. The SMILES string of the molecule is CC1(c2noc(-c3cc(I)ccc3N)n2)CC1. The van der Waals surface area contributed by atoms with Crippen molar-refractivity contribution in [1.82, 2.24) is 10.1 Å². The monoisotopic (exact) mass is 341 g/mol. The van der Waals surface area contributed by atoms with Crippen molar-refractivity contribution in [1.29, 1.82) is 0 Å². The molecule has 2 aromatic rings. The number of nitrogen functional groups attached to an aromatic ring is 1. The standard InChI is InChI=1S/C12H12IN3O/c1-12(4-5-12)11-15-10(17-16-11)8-6-7(13)2-3-9(8)14/h2-3,6H,4-5,14H2,1H3. The zero-order chi connectivity index (χ0) is 12.0. The third kappa shape index (κ3) is 1.92. The first-order valence-electron chi connectivity index (χ1n) is 5.48. The smallest absolute Gasteiger partial charge is 0.260 e. The van der Waals surface area contributed by atoms with Crippen LogP contribution < -0.4 is 5.73 Å². The largest absolute Gasteiger partial charge is 0.398 e. The van der Waals surface area contributed by atoms with Gasteiger partial charge in [-0.2, -0.15) is 4.98 Å². The van der Waals surface area contributed by atoms with Crippen LogP contribution in [0, 0.1) is 3.57 Å². The fourth-order valence-corrected chi connectivity index (χ4v) is 2.19. The van der Waals surface area contributed by atoms with Crippen LogP contribution in [0.2, 0.25) is 0 Å². The van der Waals surface area contributed by atoms with Crippen molar-refractivity contribution >= 4 is 28.3 Å². The summed E-state index contributed by atoms with van der Waals surface area (Å²) in [5, 5.41) is 4.05. The van der Waals surface area contributed by atoms with Gasteiger partial charge in [-0.3, -0.25) is 0 Å². The van der Waals surface area contributed by atoms with Crippen molar-refractivity contribution in [2.45, 2.75) is 25.2 Å². The van der Waals surface area contributed by atoms with Crippen molar-refractivity contribution in [3.63, 3.8) is 0 Å². The second-order valence-electron chi connectivity index (χ2n) is 4.72. The van der Waals surface area contributed by atoms with Gasteiger partial charge in [-0.1, -0.05) is 12.1 Å². The lowest BCUT2D eigenvalue weighted by molar-refractivity contribution is 0.416. The van der Waals surface area contributed by atoms with Crippen LogP contribution in [-0.4, -0.2) is 10.1 Å². The van der Waals surface area contributed by atoms with E-state index < -0.39 is 0 Å². The van der Waals surface area contributed by atoms with Gasteiger partial charge in [-0.05, 0) is 53.6 Å². The number of halogens is 1. The molecule has 1 heterocycles. The van der Waals surface area contributed by atoms with Gasteiger partial charge < -0.3 is 10.3 Å². The van der Waals surface area contributed by atoms with Crippen molar-refractivity contribution in [3.05, 3.63) is 27.6 Å². The molecule has 88 valence electrons. The summed E-state index contributed by atoms with van der Waals surface area (Å²) < 4.78 is 6.41. The molecule has 0 unspecified atom stereocenters. The normalized spacial score (nSPS) is 17.1. The van der Waals surface area contributed by atoms with Gasteiger partial charge in [0.2, 0.25) is 0 Å². The molecule has 2 N–H and O–H groups in total. The summed E-state index contributed by atoms with van der Waals surface area (Å²) in [6.07, 6.45) is 2.27. The summed E-state index contributed by atoms with van der Waals surface area (Å²) in [6, 6.07) is 5.78. The van der Waals surface area contributed by atoms with Gasteiger partial charge in [0, 0.05) is 14.7 Å². The summed E-state index contributed by atoms with van der Waals surface area (Å²) in [6.45, 7) is 2.15. The number of hydrogen-bond acceptors (Lipinski definition) is 4. The molecule has 5 heteroatoms. The molecule has 1 aromatic heterocycles. The van der Waals surface area contributed by atoms with Gasteiger partial charge in [0.05, 0.1) is 5.56 Å². The highest BCUT2D eigenvalue weighted by atomic mass is 127. The van der Waals surface area contributed by atoms with Crippen LogP contribution in [0.3, 0.4) is 0 Å². The topological polar surface area (TPSA) is 64.9 Å². The Bertz CT molecular complexity index is 575. The predicted octanol–water partition coefficient (Wildman–Crippen LogP) is 2.97. The lowest BCUT2D eigenvalue weighted by atomic mass is 10.1. The van der Waals surface area contributed by atoms with Crippen LogP contribution in [0.5, 0.6) is 0 Å². The van der Waals surface area contributed by atoms with E-state index in [9.17, 15) is 0 Å². The summed E-state index contributed by atoms with van der Waals surface area (Å²) in [7, 11) is 0. The first kappa shape index (κ1) is 11.0. The summed E-state index contributed by atoms with van der Waals surface area (Å²) in [5.74, 6) is 1.31. The average Bonchev–Trinajstić information content (AvgIpc) is 2.88. The Balaban J connectivity index is 2.03. The molecule has 4 nitrogen and oxygen atoms in total. The number of nitrogens with two attached hydrogens (primary N) is 1. The van der Waals surface area contributed by atoms with Gasteiger partial charge in [-0.15, -0.1) is 0 Å². The summed E-state index contributed by atoms with van der Waals surface area (Å²) in [5.41, 5.74) is 7.54. The molecular formula is C12H12IN3O. The highest BCUT2D eigenvalue weighted by Gasteiger charge is 2.43. The number of nitrogens with zero attached hydrogens (tertiary/aromatic N) is 2. The highest BCUT2D eigenvalue weighted by molar-refractivity contribution is 14.1. The van der Waals surface area contributed by atoms with E-state index in [-0.39, 0.29) is 5.41 Å². The van der Waals surface area contributed by atoms with E-state index in [2.05, 4.69) is 39.7 Å². The molecule has 0 aliphatic heterocycles. The first-order valence-corrected chi connectivity index (χ1v) is 6.56. The molecule has 1 aromatic carbocycles. The molecule has 1 aliphatic rings. The van der Waals surface area contributed by atoms with E-state index in [1.807, 2.05) is 18.2 Å². The van der Waals surface area contributed by atoms with Crippen LogP contribution in [0.4, 0.5) is 5.69 Å². The molecule has 0 atom stereocenters. The first-order chi connectivity index (χ1) is 8.08. The maximum atomic E-state index is 5.92. The van der Waals surface area contributed by atoms with Gasteiger partial charge >= 0.3 is 0 Å². The Hall–Kier alpha value is -1.11. The van der Waals surface area contributed by atoms with Crippen LogP contribution in [0.25, 0.3) is 11.5 Å². The molecule has 3 rings (SSSR count). The maximum Gasteiger partial charge on any atom is 0.260 e. The van der Waals surface area contributed by atoms with E-state index in [0.29, 0.717) is 11.6 Å². The molecular weight excluding hydrogens is 329 g/mol. The van der Waals surface area contributed by atoms with Crippen molar-refractivity contribution in [3.8, 4) is 11.5 Å². The lowest BCUT2D eigenvalue weighted by Crippen LogP contribution is -2.02. The van der Waals surface area contributed by atoms with Crippen molar-refractivity contribution in [2.24, 2.45) is 0 Å². The van der Waals surface area contributed by atoms with Crippen LogP contribution in [0.15, 0.2) is 22.7 Å². The Morgan fingerprint density at radius 3 is 2.88 bits per heavy atom. The van der Waals surface area contributed by atoms with E-state index >= 15 is 0 Å². The van der Waals surface area contributed by atoms with E-state index in [1.54, 1.807) is 0 Å². The lowest BCUT2D eigenvalue weighted by Gasteiger charge is -2.01. The number of aromatic nitrogens is 2. The minimum atomic E-state index is 0.123. The molecule has 0 bridgehead atoms. The highest BCUT2D eigenvalue weighted by Crippen LogP contribution is 2.46.